The quantitative estimate of drug-likeness (QED) is 0.812. The second-order valence-corrected chi connectivity index (χ2v) is 5.42. The molecule has 1 aliphatic rings. The Kier molecular flexibility index (Phi) is 3.76. The number of benzene rings is 1. The summed E-state index contributed by atoms with van der Waals surface area (Å²) >= 11 is 0. The van der Waals surface area contributed by atoms with E-state index in [2.05, 4.69) is 24.9 Å². The Morgan fingerprint density at radius 3 is 2.78 bits per heavy atom. The zero-order valence-corrected chi connectivity index (χ0v) is 11.2. The van der Waals surface area contributed by atoms with E-state index in [-0.39, 0.29) is 0 Å². The Hall–Kier alpha value is -1.69. The molecule has 3 nitrogen and oxygen atoms in total. The average Bonchev–Trinajstić information content (AvgIpc) is 2.37. The number of nitrogen functional groups attached to an aromatic ring is 1. The van der Waals surface area contributed by atoms with Crippen LogP contribution in [0, 0.1) is 17.2 Å². The summed E-state index contributed by atoms with van der Waals surface area (Å²) in [6.45, 7) is 2.32. The zero-order valence-electron chi connectivity index (χ0n) is 11.2. The number of hydrogen-bond acceptors (Lipinski definition) is 3. The molecule has 0 bridgehead atoms. The fourth-order valence-electron chi connectivity index (χ4n) is 2.90. The fourth-order valence-corrected chi connectivity index (χ4v) is 2.90. The van der Waals surface area contributed by atoms with Crippen LogP contribution in [0.2, 0.25) is 0 Å². The third-order valence-electron chi connectivity index (χ3n) is 3.99. The van der Waals surface area contributed by atoms with E-state index in [1.165, 1.54) is 25.7 Å². The zero-order chi connectivity index (χ0) is 13.1. The largest absolute Gasteiger partial charge is 0.397 e. The molecule has 0 amide bonds. The second-order valence-electron chi connectivity index (χ2n) is 5.42. The Morgan fingerprint density at radius 1 is 1.39 bits per heavy atom. The molecule has 1 saturated carbocycles. The minimum absolute atomic E-state index is 0.573. The van der Waals surface area contributed by atoms with Gasteiger partial charge >= 0.3 is 0 Å². The lowest BCUT2D eigenvalue weighted by atomic mass is 9.86. The van der Waals surface area contributed by atoms with E-state index < -0.39 is 0 Å². The van der Waals surface area contributed by atoms with Gasteiger partial charge in [0.2, 0.25) is 0 Å². The smallest absolute Gasteiger partial charge is 0.0992 e. The van der Waals surface area contributed by atoms with Gasteiger partial charge in [-0.05, 0) is 37.0 Å². The van der Waals surface area contributed by atoms with Gasteiger partial charge in [-0.1, -0.05) is 19.8 Å². The third kappa shape index (κ3) is 2.59. The lowest BCUT2D eigenvalue weighted by Gasteiger charge is -2.36. The minimum atomic E-state index is 0.573. The highest BCUT2D eigenvalue weighted by atomic mass is 15.1. The molecule has 0 saturated heterocycles. The van der Waals surface area contributed by atoms with Crippen LogP contribution in [0.1, 0.15) is 38.2 Å². The molecule has 1 aromatic rings. The Bertz CT molecular complexity index is 461. The summed E-state index contributed by atoms with van der Waals surface area (Å²) < 4.78 is 0. The van der Waals surface area contributed by atoms with Gasteiger partial charge in [-0.2, -0.15) is 5.26 Å². The number of rotatable bonds is 2. The first kappa shape index (κ1) is 12.8. The molecule has 18 heavy (non-hydrogen) atoms. The predicted octanol–water partition coefficient (Wildman–Crippen LogP) is 3.16. The molecule has 2 atom stereocenters. The summed E-state index contributed by atoms with van der Waals surface area (Å²) in [5.74, 6) is 0.797. The van der Waals surface area contributed by atoms with Crippen LogP contribution in [0.25, 0.3) is 0 Å². The van der Waals surface area contributed by atoms with Gasteiger partial charge in [0.1, 0.15) is 0 Å². The molecule has 96 valence electrons. The molecule has 0 heterocycles. The van der Waals surface area contributed by atoms with Crippen molar-refractivity contribution in [1.29, 1.82) is 5.26 Å². The lowest BCUT2D eigenvalue weighted by molar-refractivity contribution is 0.336. The maximum atomic E-state index is 8.86. The molecule has 3 heteroatoms. The predicted molar refractivity (Wildman–Crippen MR) is 75.4 cm³/mol. The first-order valence-electron chi connectivity index (χ1n) is 6.64. The number of hydrogen-bond donors (Lipinski definition) is 1. The summed E-state index contributed by atoms with van der Waals surface area (Å²) in [4.78, 5) is 2.28. The van der Waals surface area contributed by atoms with E-state index >= 15 is 0 Å². The highest BCUT2D eigenvalue weighted by Crippen LogP contribution is 2.32. The van der Waals surface area contributed by atoms with Crippen molar-refractivity contribution in [3.8, 4) is 6.07 Å². The first-order valence-corrected chi connectivity index (χ1v) is 6.64. The van der Waals surface area contributed by atoms with Crippen molar-refractivity contribution in [2.24, 2.45) is 5.92 Å². The topological polar surface area (TPSA) is 53.0 Å². The van der Waals surface area contributed by atoms with Crippen molar-refractivity contribution in [1.82, 2.24) is 0 Å². The van der Waals surface area contributed by atoms with Gasteiger partial charge in [0.25, 0.3) is 0 Å². The number of anilines is 2. The van der Waals surface area contributed by atoms with Gasteiger partial charge in [-0.25, -0.2) is 0 Å². The Balaban J connectivity index is 2.18. The molecular formula is C15H21N3. The molecule has 0 aliphatic heterocycles. The van der Waals surface area contributed by atoms with E-state index in [1.807, 2.05) is 12.1 Å². The van der Waals surface area contributed by atoms with Crippen molar-refractivity contribution in [3.63, 3.8) is 0 Å². The molecular weight excluding hydrogens is 222 g/mol. The SMILES string of the molecule is CC1CCCC(N(C)c2ccc(C#N)cc2N)C1. The van der Waals surface area contributed by atoms with Crippen LogP contribution < -0.4 is 10.6 Å². The Labute approximate surface area is 109 Å². The van der Waals surface area contributed by atoms with Gasteiger partial charge in [-0.15, -0.1) is 0 Å². The van der Waals surface area contributed by atoms with Crippen LogP contribution in [0.3, 0.4) is 0 Å². The van der Waals surface area contributed by atoms with Gasteiger partial charge in [0, 0.05) is 13.1 Å². The van der Waals surface area contributed by atoms with E-state index in [9.17, 15) is 0 Å². The highest BCUT2D eigenvalue weighted by molar-refractivity contribution is 5.69. The summed E-state index contributed by atoms with van der Waals surface area (Å²) in [5.41, 5.74) is 8.43. The van der Waals surface area contributed by atoms with Crippen molar-refractivity contribution >= 4 is 11.4 Å². The highest BCUT2D eigenvalue weighted by Gasteiger charge is 2.23. The number of nitrogens with two attached hydrogens (primary N) is 1. The molecule has 2 unspecified atom stereocenters. The van der Waals surface area contributed by atoms with Gasteiger partial charge in [-0.3, -0.25) is 0 Å². The van der Waals surface area contributed by atoms with E-state index in [0.717, 1.165) is 11.6 Å². The number of nitriles is 1. The average molecular weight is 243 g/mol. The summed E-state index contributed by atoms with van der Waals surface area (Å²) in [7, 11) is 2.11. The summed E-state index contributed by atoms with van der Waals surface area (Å²) in [5, 5.41) is 8.86. The molecule has 1 aliphatic carbocycles. The van der Waals surface area contributed by atoms with Crippen LogP contribution in [0.4, 0.5) is 11.4 Å². The lowest BCUT2D eigenvalue weighted by Crippen LogP contribution is -2.35. The first-order chi connectivity index (χ1) is 8.61. The normalized spacial score (nSPS) is 23.4. The van der Waals surface area contributed by atoms with Gasteiger partial charge < -0.3 is 10.6 Å². The fraction of sp³-hybridized carbons (Fsp3) is 0.533. The molecule has 0 radical (unpaired) electrons. The Morgan fingerprint density at radius 2 is 2.17 bits per heavy atom. The maximum absolute atomic E-state index is 8.86. The summed E-state index contributed by atoms with van der Waals surface area (Å²) in [6, 6.07) is 8.26. The minimum Gasteiger partial charge on any atom is -0.397 e. The van der Waals surface area contributed by atoms with Gasteiger partial charge in [0.05, 0.1) is 23.0 Å². The molecule has 1 fully saturated rings. The van der Waals surface area contributed by atoms with Crippen molar-refractivity contribution < 1.29 is 0 Å². The second kappa shape index (κ2) is 5.30. The van der Waals surface area contributed by atoms with E-state index in [0.29, 0.717) is 17.3 Å². The maximum Gasteiger partial charge on any atom is 0.0992 e. The molecule has 2 rings (SSSR count). The van der Waals surface area contributed by atoms with Crippen LogP contribution >= 0.6 is 0 Å². The van der Waals surface area contributed by atoms with E-state index in [4.69, 9.17) is 11.0 Å². The molecule has 1 aromatic carbocycles. The van der Waals surface area contributed by atoms with Crippen LogP contribution in [0.5, 0.6) is 0 Å². The van der Waals surface area contributed by atoms with Crippen LogP contribution in [0.15, 0.2) is 18.2 Å². The third-order valence-corrected chi connectivity index (χ3v) is 3.99. The van der Waals surface area contributed by atoms with Crippen molar-refractivity contribution in [2.45, 2.75) is 38.6 Å². The van der Waals surface area contributed by atoms with E-state index in [1.54, 1.807) is 6.07 Å². The standard InChI is InChI=1S/C15H21N3/c1-11-4-3-5-13(8-11)18(2)15-7-6-12(10-16)9-14(15)17/h6-7,9,11,13H,3-5,8,17H2,1-2H3. The van der Waals surface area contributed by atoms with Crippen molar-refractivity contribution in [2.75, 3.05) is 17.7 Å². The van der Waals surface area contributed by atoms with Crippen LogP contribution in [-0.2, 0) is 0 Å². The summed E-state index contributed by atoms with van der Waals surface area (Å²) in [6.07, 6.45) is 5.11. The van der Waals surface area contributed by atoms with Gasteiger partial charge in [0.15, 0.2) is 0 Å². The monoisotopic (exact) mass is 243 g/mol. The van der Waals surface area contributed by atoms with Crippen LogP contribution in [-0.4, -0.2) is 13.1 Å². The molecule has 0 aromatic heterocycles. The molecule has 2 N–H and O–H groups in total. The molecule has 0 spiro atoms. The number of nitrogens with zero attached hydrogens (tertiary/aromatic N) is 2. The van der Waals surface area contributed by atoms with Crippen molar-refractivity contribution in [3.05, 3.63) is 23.8 Å².